The molecular weight excluding hydrogens is 257 g/mol. The van der Waals surface area contributed by atoms with Crippen LogP contribution in [0.1, 0.15) is 21.5 Å². The Balaban J connectivity index is 1.84. The summed E-state index contributed by atoms with van der Waals surface area (Å²) in [4.78, 5) is 14.9. The molecule has 1 aromatic heterocycles. The molecule has 0 atom stereocenters. The fraction of sp³-hybridized carbons (Fsp3) is 0.200. The SMILES string of the molecule is NC(=O)c1ccc(CNCCc2cccnc2)c(F)c1. The first kappa shape index (κ1) is 14.1. The maximum absolute atomic E-state index is 13.7. The molecule has 0 unspecified atom stereocenters. The third kappa shape index (κ3) is 3.86. The van der Waals surface area contributed by atoms with E-state index in [-0.39, 0.29) is 5.56 Å². The molecule has 0 aliphatic rings. The Morgan fingerprint density at radius 2 is 2.20 bits per heavy atom. The summed E-state index contributed by atoms with van der Waals surface area (Å²) in [6.45, 7) is 1.13. The number of hydrogen-bond acceptors (Lipinski definition) is 3. The van der Waals surface area contributed by atoms with Gasteiger partial charge in [-0.15, -0.1) is 0 Å². The minimum Gasteiger partial charge on any atom is -0.366 e. The number of nitrogens with one attached hydrogen (secondary N) is 1. The molecule has 5 heteroatoms. The van der Waals surface area contributed by atoms with Gasteiger partial charge in [0.15, 0.2) is 0 Å². The molecule has 0 saturated heterocycles. The first-order chi connectivity index (χ1) is 9.66. The molecule has 0 bridgehead atoms. The smallest absolute Gasteiger partial charge is 0.248 e. The van der Waals surface area contributed by atoms with Crippen molar-refractivity contribution in [1.29, 1.82) is 0 Å². The van der Waals surface area contributed by atoms with Crippen LogP contribution in [0.25, 0.3) is 0 Å². The molecule has 1 heterocycles. The van der Waals surface area contributed by atoms with Crippen LogP contribution in [0.2, 0.25) is 0 Å². The summed E-state index contributed by atoms with van der Waals surface area (Å²) >= 11 is 0. The number of rotatable bonds is 6. The first-order valence-corrected chi connectivity index (χ1v) is 6.34. The van der Waals surface area contributed by atoms with Gasteiger partial charge in [0.25, 0.3) is 0 Å². The first-order valence-electron chi connectivity index (χ1n) is 6.34. The summed E-state index contributed by atoms with van der Waals surface area (Å²) in [5.41, 5.74) is 6.92. The zero-order chi connectivity index (χ0) is 14.4. The van der Waals surface area contributed by atoms with Gasteiger partial charge in [0, 0.05) is 30.1 Å². The number of primary amides is 1. The zero-order valence-electron chi connectivity index (χ0n) is 11.0. The third-order valence-electron chi connectivity index (χ3n) is 2.97. The fourth-order valence-electron chi connectivity index (χ4n) is 1.85. The van der Waals surface area contributed by atoms with Crippen molar-refractivity contribution in [2.75, 3.05) is 6.54 Å². The second kappa shape index (κ2) is 6.77. The Morgan fingerprint density at radius 1 is 1.35 bits per heavy atom. The predicted octanol–water partition coefficient (Wildman–Crippen LogP) is 1.65. The topological polar surface area (TPSA) is 68.0 Å². The molecule has 0 fully saturated rings. The minimum atomic E-state index is -0.625. The van der Waals surface area contributed by atoms with E-state index in [4.69, 9.17) is 5.73 Å². The lowest BCUT2D eigenvalue weighted by Crippen LogP contribution is -2.18. The molecule has 0 aliphatic heterocycles. The zero-order valence-corrected chi connectivity index (χ0v) is 11.0. The minimum absolute atomic E-state index is 0.182. The van der Waals surface area contributed by atoms with Gasteiger partial charge in [0.2, 0.25) is 5.91 Å². The second-order valence-corrected chi connectivity index (χ2v) is 4.46. The Kier molecular flexibility index (Phi) is 4.79. The van der Waals surface area contributed by atoms with Crippen LogP contribution in [0.15, 0.2) is 42.7 Å². The van der Waals surface area contributed by atoms with E-state index in [1.165, 1.54) is 12.1 Å². The van der Waals surface area contributed by atoms with E-state index >= 15 is 0 Å². The van der Waals surface area contributed by atoms with Crippen LogP contribution in [0.4, 0.5) is 4.39 Å². The van der Waals surface area contributed by atoms with Crippen LogP contribution >= 0.6 is 0 Å². The van der Waals surface area contributed by atoms with Crippen LogP contribution in [0, 0.1) is 5.82 Å². The molecule has 0 spiro atoms. The number of aromatic nitrogens is 1. The maximum Gasteiger partial charge on any atom is 0.248 e. The van der Waals surface area contributed by atoms with Crippen molar-refractivity contribution in [2.24, 2.45) is 5.73 Å². The van der Waals surface area contributed by atoms with E-state index in [2.05, 4.69) is 10.3 Å². The molecule has 20 heavy (non-hydrogen) atoms. The van der Waals surface area contributed by atoms with Crippen molar-refractivity contribution < 1.29 is 9.18 Å². The maximum atomic E-state index is 13.7. The fourth-order valence-corrected chi connectivity index (χ4v) is 1.85. The van der Waals surface area contributed by atoms with E-state index in [9.17, 15) is 9.18 Å². The monoisotopic (exact) mass is 273 g/mol. The Hall–Kier alpha value is -2.27. The lowest BCUT2D eigenvalue weighted by atomic mass is 10.1. The second-order valence-electron chi connectivity index (χ2n) is 4.46. The largest absolute Gasteiger partial charge is 0.366 e. The molecule has 2 rings (SSSR count). The van der Waals surface area contributed by atoms with Gasteiger partial charge in [-0.3, -0.25) is 9.78 Å². The normalized spacial score (nSPS) is 10.4. The van der Waals surface area contributed by atoms with Crippen LogP contribution in [-0.2, 0) is 13.0 Å². The van der Waals surface area contributed by atoms with E-state index in [1.807, 2.05) is 18.3 Å². The van der Waals surface area contributed by atoms with E-state index in [1.54, 1.807) is 12.3 Å². The summed E-state index contributed by atoms with van der Waals surface area (Å²) in [6.07, 6.45) is 4.37. The van der Waals surface area contributed by atoms with Crippen LogP contribution in [0.3, 0.4) is 0 Å². The number of nitrogens with two attached hydrogens (primary N) is 1. The van der Waals surface area contributed by atoms with E-state index in [0.717, 1.165) is 18.5 Å². The molecule has 104 valence electrons. The van der Waals surface area contributed by atoms with Gasteiger partial charge < -0.3 is 11.1 Å². The van der Waals surface area contributed by atoms with Gasteiger partial charge in [-0.2, -0.15) is 0 Å². The highest BCUT2D eigenvalue weighted by Crippen LogP contribution is 2.10. The van der Waals surface area contributed by atoms with Gasteiger partial charge in [-0.05, 0) is 36.7 Å². The highest BCUT2D eigenvalue weighted by Gasteiger charge is 2.06. The van der Waals surface area contributed by atoms with Gasteiger partial charge in [0.1, 0.15) is 5.82 Å². The Morgan fingerprint density at radius 3 is 2.85 bits per heavy atom. The molecule has 1 amide bonds. The van der Waals surface area contributed by atoms with Crippen LogP contribution in [0.5, 0.6) is 0 Å². The van der Waals surface area contributed by atoms with E-state index in [0.29, 0.717) is 12.1 Å². The van der Waals surface area contributed by atoms with Gasteiger partial charge in [-0.25, -0.2) is 4.39 Å². The van der Waals surface area contributed by atoms with Crippen molar-refractivity contribution in [1.82, 2.24) is 10.3 Å². The summed E-state index contributed by atoms with van der Waals surface area (Å²) in [5.74, 6) is -1.05. The summed E-state index contributed by atoms with van der Waals surface area (Å²) in [7, 11) is 0. The number of halogens is 1. The molecule has 2 aromatic rings. The van der Waals surface area contributed by atoms with E-state index < -0.39 is 11.7 Å². The molecule has 0 radical (unpaired) electrons. The quantitative estimate of drug-likeness (QED) is 0.786. The molecule has 3 N–H and O–H groups in total. The third-order valence-corrected chi connectivity index (χ3v) is 2.97. The number of benzene rings is 1. The molecule has 0 aliphatic carbocycles. The van der Waals surface area contributed by atoms with Crippen molar-refractivity contribution in [3.05, 3.63) is 65.2 Å². The van der Waals surface area contributed by atoms with Gasteiger partial charge >= 0.3 is 0 Å². The summed E-state index contributed by atoms with van der Waals surface area (Å²) in [5, 5.41) is 3.16. The molecular formula is C15H16FN3O. The number of hydrogen-bond donors (Lipinski definition) is 2. The summed E-state index contributed by atoms with van der Waals surface area (Å²) < 4.78 is 13.7. The lowest BCUT2D eigenvalue weighted by Gasteiger charge is -2.07. The number of pyridine rings is 1. The van der Waals surface area contributed by atoms with Crippen molar-refractivity contribution in [3.63, 3.8) is 0 Å². The number of amides is 1. The number of carbonyl (C=O) groups is 1. The highest BCUT2D eigenvalue weighted by molar-refractivity contribution is 5.92. The number of carbonyl (C=O) groups excluding carboxylic acids is 1. The van der Waals surface area contributed by atoms with Crippen LogP contribution in [-0.4, -0.2) is 17.4 Å². The standard InChI is InChI=1S/C15H16FN3O/c16-14-8-12(15(17)20)3-4-13(14)10-19-7-5-11-2-1-6-18-9-11/h1-4,6,8-9,19H,5,7,10H2,(H2,17,20). The van der Waals surface area contributed by atoms with Gasteiger partial charge in [0.05, 0.1) is 0 Å². The lowest BCUT2D eigenvalue weighted by molar-refractivity contribution is 0.1000. The molecule has 0 saturated carbocycles. The molecule has 4 nitrogen and oxygen atoms in total. The molecule has 1 aromatic carbocycles. The van der Waals surface area contributed by atoms with Crippen molar-refractivity contribution in [2.45, 2.75) is 13.0 Å². The summed E-state index contributed by atoms with van der Waals surface area (Å²) in [6, 6.07) is 8.16. The van der Waals surface area contributed by atoms with Gasteiger partial charge in [-0.1, -0.05) is 12.1 Å². The Labute approximate surface area is 116 Å². The average molecular weight is 273 g/mol. The average Bonchev–Trinajstić information content (AvgIpc) is 2.46. The van der Waals surface area contributed by atoms with Crippen molar-refractivity contribution in [3.8, 4) is 0 Å². The van der Waals surface area contributed by atoms with Crippen LogP contribution < -0.4 is 11.1 Å². The highest BCUT2D eigenvalue weighted by atomic mass is 19.1. The predicted molar refractivity (Wildman–Crippen MR) is 74.6 cm³/mol. The van der Waals surface area contributed by atoms with Crippen molar-refractivity contribution >= 4 is 5.91 Å². The Bertz CT molecular complexity index is 587. The number of nitrogens with zero attached hydrogens (tertiary/aromatic N) is 1.